The van der Waals surface area contributed by atoms with Crippen molar-refractivity contribution in [1.29, 1.82) is 0 Å². The number of rotatable bonds is 22. The monoisotopic (exact) mass is 490 g/mol. The molecule has 0 aromatic rings. The third-order valence-electron chi connectivity index (χ3n) is 6.56. The average molecular weight is 491 g/mol. The summed E-state index contributed by atoms with van der Waals surface area (Å²) in [5.74, 6) is 0. The Morgan fingerprint density at radius 3 is 0.968 bits per heavy atom. The molecular weight excluding hydrogens is 433 g/mol. The van der Waals surface area contributed by atoms with E-state index in [1.165, 1.54) is 74.8 Å². The van der Waals surface area contributed by atoms with Crippen LogP contribution in [0.4, 0.5) is 0 Å². The maximum Gasteiger partial charge on any atom is 0.317 e. The molecule has 0 unspecified atom stereocenters. The summed E-state index contributed by atoms with van der Waals surface area (Å²) in [6.07, 6.45) is 9.44. The molecule has 0 rings (SSSR count). The van der Waals surface area contributed by atoms with Crippen molar-refractivity contribution in [3.63, 3.8) is 0 Å². The van der Waals surface area contributed by atoms with E-state index in [9.17, 15) is 0 Å². The molecule has 0 aliphatic rings. The van der Waals surface area contributed by atoms with Crippen molar-refractivity contribution in [2.45, 2.75) is 141 Å². The predicted octanol–water partition coefficient (Wildman–Crippen LogP) is 7.51. The lowest BCUT2D eigenvalue weighted by atomic mass is 10.5. The lowest BCUT2D eigenvalue weighted by molar-refractivity contribution is 0.348. The van der Waals surface area contributed by atoms with Crippen LogP contribution in [-0.2, 0) is 8.23 Å². The van der Waals surface area contributed by atoms with Crippen molar-refractivity contribution in [3.8, 4) is 0 Å². The second kappa shape index (κ2) is 17.9. The fourth-order valence-electron chi connectivity index (χ4n) is 5.63. The largest absolute Gasteiger partial charge is 0.436 e. The highest BCUT2D eigenvalue weighted by molar-refractivity contribution is 6.90. The maximum absolute atomic E-state index is 7.62. The molecule has 0 saturated heterocycles. The first kappa shape index (κ1) is 31.5. The highest BCUT2D eigenvalue weighted by Crippen LogP contribution is 2.40. The van der Waals surface area contributed by atoms with Gasteiger partial charge in [0.15, 0.2) is 16.6 Å². The van der Waals surface area contributed by atoms with Crippen molar-refractivity contribution >= 4 is 25.2 Å². The summed E-state index contributed by atoms with van der Waals surface area (Å²) in [4.78, 5) is 0. The van der Waals surface area contributed by atoms with Crippen LogP contribution in [0, 0.1) is 0 Å². The zero-order valence-electron chi connectivity index (χ0n) is 22.2. The molecule has 4 N–H and O–H groups in total. The maximum atomic E-state index is 7.62. The zero-order valence-corrected chi connectivity index (χ0v) is 25.2. The van der Waals surface area contributed by atoms with Gasteiger partial charge in [-0.2, -0.15) is 0 Å². The smallest absolute Gasteiger partial charge is 0.317 e. The minimum atomic E-state index is -2.27. The van der Waals surface area contributed by atoms with Crippen molar-refractivity contribution in [3.05, 3.63) is 0 Å². The number of nitrogens with two attached hydrogens (primary N) is 2. The summed E-state index contributed by atoms with van der Waals surface area (Å²) in [7, 11) is -5.97. The summed E-state index contributed by atoms with van der Waals surface area (Å²) in [5, 5.41) is 0. The molecule has 0 bridgehead atoms. The Morgan fingerprint density at radius 2 is 0.742 bits per heavy atom. The van der Waals surface area contributed by atoms with E-state index in [-0.39, 0.29) is 0 Å². The van der Waals surface area contributed by atoms with Gasteiger partial charge in [0, 0.05) is 0 Å². The minimum absolute atomic E-state index is 0.781. The van der Waals surface area contributed by atoms with E-state index < -0.39 is 25.2 Å². The van der Waals surface area contributed by atoms with E-state index in [4.69, 9.17) is 19.7 Å². The standard InChI is InChI=1S/C24H58N2O2Si3/c1-7-17-29(18-8-2,23-13-15-25)27-31(21-11-5,22-12-6)28-30(19-9-3,20-10-4)24-14-16-26/h7-26H2,1-6H3. The van der Waals surface area contributed by atoms with Gasteiger partial charge in [-0.05, 0) is 74.3 Å². The Kier molecular flexibility index (Phi) is 18.2. The van der Waals surface area contributed by atoms with Crippen molar-refractivity contribution < 1.29 is 8.23 Å². The third-order valence-corrected chi connectivity index (χ3v) is 23.7. The third kappa shape index (κ3) is 11.5. The molecule has 0 fully saturated rings. The fourth-order valence-corrected chi connectivity index (χ4v) is 25.2. The van der Waals surface area contributed by atoms with Crippen LogP contribution in [-0.4, -0.2) is 38.3 Å². The predicted molar refractivity (Wildman–Crippen MR) is 147 cm³/mol. The highest BCUT2D eigenvalue weighted by atomic mass is 28.5. The molecular formula is C24H58N2O2Si3. The van der Waals surface area contributed by atoms with Gasteiger partial charge in [0.05, 0.1) is 0 Å². The first-order valence-electron chi connectivity index (χ1n) is 13.7. The van der Waals surface area contributed by atoms with Gasteiger partial charge in [0.2, 0.25) is 0 Å². The van der Waals surface area contributed by atoms with Gasteiger partial charge in [-0.25, -0.2) is 0 Å². The van der Waals surface area contributed by atoms with Gasteiger partial charge in [-0.15, -0.1) is 0 Å². The Balaban J connectivity index is 6.24. The molecule has 7 heteroatoms. The number of hydrogen-bond donors (Lipinski definition) is 2. The van der Waals surface area contributed by atoms with E-state index in [1.807, 2.05) is 0 Å². The Labute approximate surface area is 199 Å². The van der Waals surface area contributed by atoms with Crippen LogP contribution in [0.5, 0.6) is 0 Å². The van der Waals surface area contributed by atoms with Gasteiger partial charge >= 0.3 is 8.56 Å². The summed E-state index contributed by atoms with van der Waals surface area (Å²) in [5.41, 5.74) is 12.0. The van der Waals surface area contributed by atoms with Gasteiger partial charge in [-0.3, -0.25) is 0 Å². The van der Waals surface area contributed by atoms with Crippen LogP contribution in [0.15, 0.2) is 0 Å². The van der Waals surface area contributed by atoms with Gasteiger partial charge in [0.25, 0.3) is 0 Å². The second-order valence-corrected chi connectivity index (χ2v) is 22.0. The van der Waals surface area contributed by atoms with E-state index in [0.717, 1.165) is 38.0 Å². The molecule has 4 nitrogen and oxygen atoms in total. The van der Waals surface area contributed by atoms with E-state index in [2.05, 4.69) is 41.5 Å². The normalized spacial score (nSPS) is 13.2. The first-order valence-corrected chi connectivity index (χ1v) is 21.0. The number of hydrogen-bond acceptors (Lipinski definition) is 4. The van der Waals surface area contributed by atoms with Crippen LogP contribution in [0.1, 0.15) is 92.9 Å². The van der Waals surface area contributed by atoms with Crippen molar-refractivity contribution in [2.24, 2.45) is 11.5 Å². The Hall–Kier alpha value is 0.491. The van der Waals surface area contributed by atoms with Crippen molar-refractivity contribution in [2.75, 3.05) is 13.1 Å². The van der Waals surface area contributed by atoms with Crippen LogP contribution >= 0.6 is 0 Å². The van der Waals surface area contributed by atoms with Crippen LogP contribution in [0.25, 0.3) is 0 Å². The molecule has 0 radical (unpaired) electrons. The van der Waals surface area contributed by atoms with Crippen LogP contribution in [0.2, 0.25) is 48.4 Å². The molecule has 0 amide bonds. The zero-order chi connectivity index (χ0) is 23.6. The minimum Gasteiger partial charge on any atom is -0.436 e. The Morgan fingerprint density at radius 1 is 0.452 bits per heavy atom. The van der Waals surface area contributed by atoms with E-state index >= 15 is 0 Å². The van der Waals surface area contributed by atoms with Crippen LogP contribution < -0.4 is 11.5 Å². The molecule has 0 aliphatic heterocycles. The molecule has 0 aliphatic carbocycles. The summed E-state index contributed by atoms with van der Waals surface area (Å²) >= 11 is 0. The molecule has 31 heavy (non-hydrogen) atoms. The van der Waals surface area contributed by atoms with Crippen LogP contribution in [0.3, 0.4) is 0 Å². The van der Waals surface area contributed by atoms with Crippen molar-refractivity contribution in [1.82, 2.24) is 0 Å². The SMILES string of the molecule is CCC[Si](CCC)(CCCN)O[Si](CCC)(CCC)O[Si](CCC)(CCC)CCCN. The molecule has 0 heterocycles. The highest BCUT2D eigenvalue weighted by Gasteiger charge is 2.49. The van der Waals surface area contributed by atoms with Gasteiger partial charge < -0.3 is 19.7 Å². The lowest BCUT2D eigenvalue weighted by Gasteiger charge is -2.47. The van der Waals surface area contributed by atoms with Gasteiger partial charge in [0.1, 0.15) is 0 Å². The molecule has 0 aromatic heterocycles. The topological polar surface area (TPSA) is 70.5 Å². The summed E-state index contributed by atoms with van der Waals surface area (Å²) in [6.45, 7) is 15.6. The lowest BCUT2D eigenvalue weighted by Crippen LogP contribution is -2.59. The first-order chi connectivity index (χ1) is 14.9. The Bertz CT molecular complexity index is 378. The summed E-state index contributed by atoms with van der Waals surface area (Å²) < 4.78 is 15.2. The molecule has 0 spiro atoms. The second-order valence-electron chi connectivity index (χ2n) is 9.77. The molecule has 0 atom stereocenters. The molecule has 0 saturated carbocycles. The molecule has 0 aromatic carbocycles. The fraction of sp³-hybridized carbons (Fsp3) is 1.00. The van der Waals surface area contributed by atoms with E-state index in [0.29, 0.717) is 0 Å². The molecule has 188 valence electrons. The average Bonchev–Trinajstić information content (AvgIpc) is 2.72. The quantitative estimate of drug-likeness (QED) is 0.154. The van der Waals surface area contributed by atoms with E-state index in [1.54, 1.807) is 0 Å². The summed E-state index contributed by atoms with van der Waals surface area (Å²) in [6, 6.07) is 9.84. The van der Waals surface area contributed by atoms with Gasteiger partial charge in [-0.1, -0.05) is 80.1 Å².